The Morgan fingerprint density at radius 1 is 1.26 bits per heavy atom. The van der Waals surface area contributed by atoms with Gasteiger partial charge in [0.1, 0.15) is 5.75 Å². The van der Waals surface area contributed by atoms with E-state index in [1.54, 1.807) is 7.11 Å². The van der Waals surface area contributed by atoms with Gasteiger partial charge in [-0.15, -0.1) is 0 Å². The Labute approximate surface area is 124 Å². The molecule has 1 aromatic carbocycles. The van der Waals surface area contributed by atoms with Crippen molar-refractivity contribution in [3.8, 4) is 5.75 Å². The largest absolute Gasteiger partial charge is 0.496 e. The molecule has 1 unspecified atom stereocenters. The minimum atomic E-state index is 0.290. The molecule has 1 aliphatic rings. The van der Waals surface area contributed by atoms with E-state index in [-0.39, 0.29) is 0 Å². The van der Waals surface area contributed by atoms with Crippen LogP contribution in [0.15, 0.2) is 22.7 Å². The zero-order valence-corrected chi connectivity index (χ0v) is 13.3. The van der Waals surface area contributed by atoms with Gasteiger partial charge >= 0.3 is 0 Å². The summed E-state index contributed by atoms with van der Waals surface area (Å²) in [6.45, 7) is 0. The maximum Gasteiger partial charge on any atom is 0.133 e. The topological polar surface area (TPSA) is 35.2 Å². The van der Waals surface area contributed by atoms with E-state index in [9.17, 15) is 0 Å². The Hall–Kier alpha value is -0.540. The molecule has 0 saturated heterocycles. The molecule has 2 nitrogen and oxygen atoms in total. The molecular weight excluding hydrogens is 302 g/mol. The lowest BCUT2D eigenvalue weighted by molar-refractivity contribution is 0.372. The van der Waals surface area contributed by atoms with Crippen LogP contribution in [0.2, 0.25) is 0 Å². The minimum Gasteiger partial charge on any atom is -0.496 e. The fourth-order valence-electron chi connectivity index (χ4n) is 3.01. The van der Waals surface area contributed by atoms with Crippen molar-refractivity contribution in [2.75, 3.05) is 7.11 Å². The second-order valence-corrected chi connectivity index (χ2v) is 6.44. The molecule has 3 heteroatoms. The Morgan fingerprint density at radius 3 is 2.53 bits per heavy atom. The van der Waals surface area contributed by atoms with Crippen molar-refractivity contribution in [2.24, 2.45) is 11.7 Å². The molecule has 0 aromatic heterocycles. The molecular formula is C16H24BrNO. The van der Waals surface area contributed by atoms with E-state index < -0.39 is 0 Å². The number of ether oxygens (including phenoxy) is 1. The van der Waals surface area contributed by atoms with Gasteiger partial charge in [-0.25, -0.2) is 0 Å². The molecule has 19 heavy (non-hydrogen) atoms. The summed E-state index contributed by atoms with van der Waals surface area (Å²) < 4.78 is 6.27. The summed E-state index contributed by atoms with van der Waals surface area (Å²) in [5, 5.41) is 0. The van der Waals surface area contributed by atoms with Gasteiger partial charge in [-0.2, -0.15) is 0 Å². The van der Waals surface area contributed by atoms with Crippen molar-refractivity contribution in [3.63, 3.8) is 0 Å². The summed E-state index contributed by atoms with van der Waals surface area (Å²) in [5.41, 5.74) is 7.72. The number of rotatable bonds is 4. The van der Waals surface area contributed by atoms with Gasteiger partial charge in [0.2, 0.25) is 0 Å². The summed E-state index contributed by atoms with van der Waals surface area (Å²) in [6.07, 6.45) is 9.05. The van der Waals surface area contributed by atoms with Crippen LogP contribution in [0.3, 0.4) is 0 Å². The van der Waals surface area contributed by atoms with Crippen LogP contribution in [0.5, 0.6) is 5.75 Å². The van der Waals surface area contributed by atoms with E-state index in [4.69, 9.17) is 10.5 Å². The van der Waals surface area contributed by atoms with Crippen molar-refractivity contribution in [3.05, 3.63) is 28.2 Å². The quantitative estimate of drug-likeness (QED) is 0.838. The average molecular weight is 326 g/mol. The Bertz CT molecular complexity index is 400. The second kappa shape index (κ2) is 7.30. The van der Waals surface area contributed by atoms with Gasteiger partial charge in [-0.05, 0) is 58.8 Å². The maximum absolute atomic E-state index is 6.42. The van der Waals surface area contributed by atoms with Gasteiger partial charge in [0, 0.05) is 6.04 Å². The molecule has 0 aliphatic heterocycles. The molecule has 0 spiro atoms. The lowest BCUT2D eigenvalue weighted by Crippen LogP contribution is -2.32. The second-order valence-electron chi connectivity index (χ2n) is 5.59. The Balaban J connectivity index is 1.97. The standard InChI is InChI=1S/C16H24BrNO/c1-19-16-9-8-12(10-14(16)17)11-15(18)13-6-4-2-3-5-7-13/h8-10,13,15H,2-7,11,18H2,1H3. The van der Waals surface area contributed by atoms with Gasteiger partial charge < -0.3 is 10.5 Å². The normalized spacial score (nSPS) is 18.9. The molecule has 1 atom stereocenters. The van der Waals surface area contributed by atoms with Crippen LogP contribution >= 0.6 is 15.9 Å². The average Bonchev–Trinajstić information content (AvgIpc) is 2.68. The van der Waals surface area contributed by atoms with Crippen LogP contribution in [0, 0.1) is 5.92 Å². The van der Waals surface area contributed by atoms with E-state index >= 15 is 0 Å². The third-order valence-corrected chi connectivity index (χ3v) is 4.81. The van der Waals surface area contributed by atoms with E-state index in [0.717, 1.165) is 16.6 Å². The van der Waals surface area contributed by atoms with Crippen LogP contribution < -0.4 is 10.5 Å². The predicted octanol–water partition coefficient (Wildman–Crippen LogP) is 4.30. The van der Waals surface area contributed by atoms with E-state index in [2.05, 4.69) is 28.1 Å². The summed E-state index contributed by atoms with van der Waals surface area (Å²) in [7, 11) is 1.69. The van der Waals surface area contributed by atoms with E-state index in [0.29, 0.717) is 12.0 Å². The fourth-order valence-corrected chi connectivity index (χ4v) is 3.60. The molecule has 0 radical (unpaired) electrons. The molecule has 0 amide bonds. The SMILES string of the molecule is COc1ccc(CC(N)C2CCCCCC2)cc1Br. The monoisotopic (exact) mass is 325 g/mol. The number of nitrogens with two attached hydrogens (primary N) is 1. The molecule has 2 N–H and O–H groups in total. The zero-order valence-electron chi connectivity index (χ0n) is 11.7. The molecule has 0 bridgehead atoms. The molecule has 2 rings (SSSR count). The van der Waals surface area contributed by atoms with Crippen molar-refractivity contribution in [1.82, 2.24) is 0 Å². The lowest BCUT2D eigenvalue weighted by Gasteiger charge is -2.22. The van der Waals surface area contributed by atoms with Crippen LogP contribution in [-0.4, -0.2) is 13.2 Å². The first-order chi connectivity index (χ1) is 9.20. The van der Waals surface area contributed by atoms with Crippen molar-refractivity contribution in [2.45, 2.75) is 51.0 Å². The highest BCUT2D eigenvalue weighted by molar-refractivity contribution is 9.10. The summed E-state index contributed by atoms with van der Waals surface area (Å²) >= 11 is 3.54. The highest BCUT2D eigenvalue weighted by atomic mass is 79.9. The number of benzene rings is 1. The molecule has 1 saturated carbocycles. The summed E-state index contributed by atoms with van der Waals surface area (Å²) in [4.78, 5) is 0. The van der Waals surface area contributed by atoms with Gasteiger partial charge in [0.15, 0.2) is 0 Å². The molecule has 1 aromatic rings. The highest BCUT2D eigenvalue weighted by Crippen LogP contribution is 2.29. The number of halogens is 1. The third-order valence-electron chi connectivity index (χ3n) is 4.19. The van der Waals surface area contributed by atoms with Crippen molar-refractivity contribution in [1.29, 1.82) is 0 Å². The van der Waals surface area contributed by atoms with Crippen LogP contribution in [-0.2, 0) is 6.42 Å². The van der Waals surface area contributed by atoms with Gasteiger partial charge in [-0.3, -0.25) is 0 Å². The first-order valence-electron chi connectivity index (χ1n) is 7.28. The summed E-state index contributed by atoms with van der Waals surface area (Å²) in [6, 6.07) is 6.56. The molecule has 1 aliphatic carbocycles. The highest BCUT2D eigenvalue weighted by Gasteiger charge is 2.19. The van der Waals surface area contributed by atoms with Crippen LogP contribution in [0.4, 0.5) is 0 Å². The maximum atomic E-state index is 6.42. The zero-order chi connectivity index (χ0) is 13.7. The van der Waals surface area contributed by atoms with E-state index in [1.165, 1.54) is 44.1 Å². The third kappa shape index (κ3) is 4.22. The van der Waals surface area contributed by atoms with E-state index in [1.807, 2.05) is 6.07 Å². The molecule has 1 fully saturated rings. The Morgan fingerprint density at radius 2 is 1.95 bits per heavy atom. The first-order valence-corrected chi connectivity index (χ1v) is 8.08. The van der Waals surface area contributed by atoms with Crippen molar-refractivity contribution < 1.29 is 4.74 Å². The number of hydrogen-bond acceptors (Lipinski definition) is 2. The molecule has 0 heterocycles. The smallest absolute Gasteiger partial charge is 0.133 e. The minimum absolute atomic E-state index is 0.290. The van der Waals surface area contributed by atoms with Crippen LogP contribution in [0.25, 0.3) is 0 Å². The molecule has 106 valence electrons. The van der Waals surface area contributed by atoms with Gasteiger partial charge in [-0.1, -0.05) is 31.7 Å². The van der Waals surface area contributed by atoms with Crippen molar-refractivity contribution >= 4 is 15.9 Å². The van der Waals surface area contributed by atoms with Gasteiger partial charge in [0.25, 0.3) is 0 Å². The Kier molecular flexibility index (Phi) is 5.71. The summed E-state index contributed by atoms with van der Waals surface area (Å²) in [5.74, 6) is 1.58. The lowest BCUT2D eigenvalue weighted by atomic mass is 9.88. The first kappa shape index (κ1) is 14.9. The van der Waals surface area contributed by atoms with Crippen LogP contribution in [0.1, 0.15) is 44.1 Å². The fraction of sp³-hybridized carbons (Fsp3) is 0.625. The number of methoxy groups -OCH3 is 1. The van der Waals surface area contributed by atoms with Gasteiger partial charge in [0.05, 0.1) is 11.6 Å². The predicted molar refractivity (Wildman–Crippen MR) is 83.6 cm³/mol. The number of hydrogen-bond donors (Lipinski definition) is 1.